The van der Waals surface area contributed by atoms with Gasteiger partial charge in [-0.25, -0.2) is 14.4 Å². The molecular formula is C25H26N2O7. The van der Waals surface area contributed by atoms with Crippen molar-refractivity contribution >= 4 is 23.9 Å². The Morgan fingerprint density at radius 1 is 1.00 bits per heavy atom. The molecule has 3 N–H and O–H groups in total. The van der Waals surface area contributed by atoms with Crippen LogP contribution in [0.25, 0.3) is 11.1 Å². The highest BCUT2D eigenvalue weighted by atomic mass is 16.6. The van der Waals surface area contributed by atoms with Crippen molar-refractivity contribution in [1.82, 2.24) is 10.6 Å². The van der Waals surface area contributed by atoms with Crippen LogP contribution in [-0.4, -0.2) is 54.8 Å². The van der Waals surface area contributed by atoms with E-state index in [2.05, 4.69) is 10.6 Å². The molecule has 9 heteroatoms. The lowest BCUT2D eigenvalue weighted by Crippen LogP contribution is -2.52. The zero-order chi connectivity index (χ0) is 24.7. The van der Waals surface area contributed by atoms with Crippen LogP contribution in [0.1, 0.15) is 30.9 Å². The van der Waals surface area contributed by atoms with Gasteiger partial charge >= 0.3 is 18.0 Å². The number of ether oxygens (including phenoxy) is 2. The molecule has 0 bridgehead atoms. The van der Waals surface area contributed by atoms with Crippen LogP contribution in [0.15, 0.2) is 60.2 Å². The van der Waals surface area contributed by atoms with E-state index in [4.69, 9.17) is 14.6 Å². The Labute approximate surface area is 196 Å². The Morgan fingerprint density at radius 2 is 1.59 bits per heavy atom. The molecule has 0 aliphatic heterocycles. The summed E-state index contributed by atoms with van der Waals surface area (Å²) in [5.74, 6) is -3.11. The van der Waals surface area contributed by atoms with E-state index in [0.717, 1.165) is 22.3 Å². The van der Waals surface area contributed by atoms with Gasteiger partial charge in [0.15, 0.2) is 0 Å². The van der Waals surface area contributed by atoms with Gasteiger partial charge in [0.2, 0.25) is 6.04 Å². The maximum absolute atomic E-state index is 12.5. The van der Waals surface area contributed by atoms with E-state index >= 15 is 0 Å². The van der Waals surface area contributed by atoms with Crippen LogP contribution in [-0.2, 0) is 23.9 Å². The lowest BCUT2D eigenvalue weighted by Gasteiger charge is -2.18. The highest BCUT2D eigenvalue weighted by Crippen LogP contribution is 2.44. The number of carboxylic acid groups (broad SMARTS) is 1. The number of carboxylic acids is 1. The number of amides is 2. The van der Waals surface area contributed by atoms with Gasteiger partial charge in [-0.15, -0.1) is 0 Å². The number of aliphatic carboxylic acids is 1. The summed E-state index contributed by atoms with van der Waals surface area (Å²) in [7, 11) is 0. The van der Waals surface area contributed by atoms with E-state index in [1.54, 1.807) is 6.92 Å². The standard InChI is InChI=1S/C25H26N2O7/c1-3-33-24(31)21(22(28)26-13-12-15(2)23(29)30)27-25(32)34-14-20-18-10-6-4-8-16(18)17-9-5-7-11-19(17)20/h4-12,20-21H,3,13-14H2,1-2H3,(H,26,28)(H,27,32)(H,29,30)/b15-12+. The minimum Gasteiger partial charge on any atom is -0.478 e. The number of alkyl carbamates (subject to hydrolysis) is 1. The molecule has 0 aromatic heterocycles. The minimum absolute atomic E-state index is 0.00695. The first kappa shape index (κ1) is 24.5. The summed E-state index contributed by atoms with van der Waals surface area (Å²) in [5, 5.41) is 13.5. The predicted molar refractivity (Wildman–Crippen MR) is 123 cm³/mol. The molecule has 1 unspecified atom stereocenters. The van der Waals surface area contributed by atoms with E-state index < -0.39 is 30.0 Å². The zero-order valence-electron chi connectivity index (χ0n) is 18.9. The Bertz CT molecular complexity index is 1080. The van der Waals surface area contributed by atoms with Crippen molar-refractivity contribution in [1.29, 1.82) is 0 Å². The molecule has 0 saturated heterocycles. The third-order valence-electron chi connectivity index (χ3n) is 5.41. The molecule has 178 valence electrons. The summed E-state index contributed by atoms with van der Waals surface area (Å²) in [6.07, 6.45) is 0.322. The van der Waals surface area contributed by atoms with Crippen LogP contribution in [0, 0.1) is 0 Å². The average molecular weight is 466 g/mol. The van der Waals surface area contributed by atoms with E-state index in [-0.39, 0.29) is 31.2 Å². The molecule has 2 aromatic carbocycles. The number of fused-ring (bicyclic) bond motifs is 3. The molecule has 34 heavy (non-hydrogen) atoms. The third kappa shape index (κ3) is 5.61. The first-order chi connectivity index (χ1) is 16.3. The molecule has 2 amide bonds. The first-order valence-electron chi connectivity index (χ1n) is 10.8. The maximum Gasteiger partial charge on any atom is 0.408 e. The fourth-order valence-electron chi connectivity index (χ4n) is 3.71. The van der Waals surface area contributed by atoms with Crippen LogP contribution < -0.4 is 10.6 Å². The molecule has 1 atom stereocenters. The van der Waals surface area contributed by atoms with Gasteiger partial charge < -0.3 is 19.9 Å². The van der Waals surface area contributed by atoms with Gasteiger partial charge in [0.05, 0.1) is 6.61 Å². The third-order valence-corrected chi connectivity index (χ3v) is 5.41. The first-order valence-corrected chi connectivity index (χ1v) is 10.8. The fourth-order valence-corrected chi connectivity index (χ4v) is 3.71. The Kier molecular flexibility index (Phi) is 8.02. The largest absolute Gasteiger partial charge is 0.478 e. The Morgan fingerprint density at radius 3 is 2.15 bits per heavy atom. The second-order valence-electron chi connectivity index (χ2n) is 7.59. The lowest BCUT2D eigenvalue weighted by atomic mass is 9.98. The predicted octanol–water partition coefficient (Wildman–Crippen LogP) is 2.60. The average Bonchev–Trinajstić information content (AvgIpc) is 3.14. The normalized spacial score (nSPS) is 13.3. The SMILES string of the molecule is CCOC(=O)C(NC(=O)OCC1c2ccccc2-c2ccccc21)C(=O)NC/C=C(\C)C(=O)O. The van der Waals surface area contributed by atoms with Crippen LogP contribution in [0.2, 0.25) is 0 Å². The van der Waals surface area contributed by atoms with Crippen LogP contribution in [0.3, 0.4) is 0 Å². The molecule has 3 rings (SSSR count). The number of esters is 1. The summed E-state index contributed by atoms with van der Waals surface area (Å²) < 4.78 is 10.3. The number of hydrogen-bond donors (Lipinski definition) is 3. The molecule has 0 saturated carbocycles. The van der Waals surface area contributed by atoms with Crippen LogP contribution >= 0.6 is 0 Å². The number of benzene rings is 2. The molecule has 0 heterocycles. The van der Waals surface area contributed by atoms with Gasteiger partial charge in [-0.05, 0) is 36.1 Å². The van der Waals surface area contributed by atoms with Crippen molar-refractivity contribution in [2.24, 2.45) is 0 Å². The maximum atomic E-state index is 12.5. The van der Waals surface area contributed by atoms with Crippen LogP contribution in [0.5, 0.6) is 0 Å². The molecule has 9 nitrogen and oxygen atoms in total. The van der Waals surface area contributed by atoms with E-state index in [0.29, 0.717) is 0 Å². The second-order valence-corrected chi connectivity index (χ2v) is 7.59. The summed E-state index contributed by atoms with van der Waals surface area (Å²) in [5.41, 5.74) is 4.22. The summed E-state index contributed by atoms with van der Waals surface area (Å²) >= 11 is 0. The van der Waals surface area contributed by atoms with Crippen molar-refractivity contribution in [2.75, 3.05) is 19.8 Å². The van der Waals surface area contributed by atoms with Crippen molar-refractivity contribution < 1.29 is 33.8 Å². The molecule has 2 aromatic rings. The molecule has 1 aliphatic rings. The number of carbonyl (C=O) groups excluding carboxylic acids is 3. The Hall–Kier alpha value is -4.14. The quantitative estimate of drug-likeness (QED) is 0.294. The van der Waals surface area contributed by atoms with E-state index in [9.17, 15) is 19.2 Å². The zero-order valence-corrected chi connectivity index (χ0v) is 18.9. The van der Waals surface area contributed by atoms with Gasteiger partial charge in [-0.3, -0.25) is 10.1 Å². The summed E-state index contributed by atoms with van der Waals surface area (Å²) in [6, 6.07) is 14.0. The molecular weight excluding hydrogens is 440 g/mol. The molecule has 0 radical (unpaired) electrons. The summed E-state index contributed by atoms with van der Waals surface area (Å²) in [6.45, 7) is 2.81. The van der Waals surface area contributed by atoms with Crippen molar-refractivity contribution in [2.45, 2.75) is 25.8 Å². The topological polar surface area (TPSA) is 131 Å². The Balaban J connectivity index is 1.66. The number of rotatable bonds is 9. The van der Waals surface area contributed by atoms with Gasteiger partial charge in [0.25, 0.3) is 5.91 Å². The molecule has 0 spiro atoms. The molecule has 1 aliphatic carbocycles. The highest BCUT2D eigenvalue weighted by molar-refractivity contribution is 6.04. The highest BCUT2D eigenvalue weighted by Gasteiger charge is 2.32. The monoisotopic (exact) mass is 466 g/mol. The molecule has 0 fully saturated rings. The van der Waals surface area contributed by atoms with Gasteiger partial charge in [-0.1, -0.05) is 54.6 Å². The van der Waals surface area contributed by atoms with Gasteiger partial charge in [0.1, 0.15) is 6.61 Å². The number of hydrogen-bond acceptors (Lipinski definition) is 6. The number of nitrogens with one attached hydrogen (secondary N) is 2. The van der Waals surface area contributed by atoms with Crippen molar-refractivity contribution in [3.05, 3.63) is 71.3 Å². The number of carbonyl (C=O) groups is 4. The van der Waals surface area contributed by atoms with Crippen LogP contribution in [0.4, 0.5) is 4.79 Å². The smallest absolute Gasteiger partial charge is 0.408 e. The van der Waals surface area contributed by atoms with Gasteiger partial charge in [0, 0.05) is 18.0 Å². The van der Waals surface area contributed by atoms with Gasteiger partial charge in [-0.2, -0.15) is 0 Å². The van der Waals surface area contributed by atoms with Crippen molar-refractivity contribution in [3.63, 3.8) is 0 Å². The lowest BCUT2D eigenvalue weighted by molar-refractivity contribution is -0.149. The van der Waals surface area contributed by atoms with E-state index in [1.165, 1.54) is 13.0 Å². The minimum atomic E-state index is -1.64. The second kappa shape index (κ2) is 11.1. The summed E-state index contributed by atoms with van der Waals surface area (Å²) in [4.78, 5) is 48.1. The van der Waals surface area contributed by atoms with Crippen molar-refractivity contribution in [3.8, 4) is 11.1 Å². The fraction of sp³-hybridized carbons (Fsp3) is 0.280. The van der Waals surface area contributed by atoms with E-state index in [1.807, 2.05) is 48.5 Å².